The third-order valence-electron chi connectivity index (χ3n) is 4.49. The van der Waals surface area contributed by atoms with Gasteiger partial charge in [0, 0.05) is 0 Å². The first-order chi connectivity index (χ1) is 9.31. The van der Waals surface area contributed by atoms with Crippen molar-refractivity contribution in [2.24, 2.45) is 5.92 Å². The van der Waals surface area contributed by atoms with Gasteiger partial charge in [-0.25, -0.2) is 0 Å². The lowest BCUT2D eigenvalue weighted by molar-refractivity contribution is 0.358. The Morgan fingerprint density at radius 2 is 1.70 bits per heavy atom. The van der Waals surface area contributed by atoms with Crippen molar-refractivity contribution in [1.29, 1.82) is 0 Å². The van der Waals surface area contributed by atoms with E-state index in [0.29, 0.717) is 12.2 Å². The molecule has 0 aromatic rings. The molecule has 0 aromatic carbocycles. The first-order valence-corrected chi connectivity index (χ1v) is 13.2. The Morgan fingerprint density at radius 1 is 1.00 bits per heavy atom. The van der Waals surface area contributed by atoms with Gasteiger partial charge in [-0.05, 0) is 74.6 Å². The maximum atomic E-state index is 6.59. The fourth-order valence-corrected chi connectivity index (χ4v) is 9.68. The van der Waals surface area contributed by atoms with E-state index in [4.69, 9.17) is 8.37 Å². The summed E-state index contributed by atoms with van der Waals surface area (Å²) >= 11 is 0. The van der Waals surface area contributed by atoms with Crippen molar-refractivity contribution in [3.8, 4) is 0 Å². The van der Waals surface area contributed by atoms with E-state index in [9.17, 15) is 0 Å². The summed E-state index contributed by atoms with van der Waals surface area (Å²) < 4.78 is 12.2. The lowest BCUT2D eigenvalue weighted by atomic mass is 9.88. The molecular formula is C16H34O2S2. The van der Waals surface area contributed by atoms with E-state index < -0.39 is 20.6 Å². The van der Waals surface area contributed by atoms with Crippen LogP contribution in [0, 0.1) is 5.92 Å². The van der Waals surface area contributed by atoms with Gasteiger partial charge in [-0.15, -0.1) is 20.6 Å². The molecule has 3 unspecified atom stereocenters. The summed E-state index contributed by atoms with van der Waals surface area (Å²) in [5.74, 6) is 3.43. The van der Waals surface area contributed by atoms with Crippen molar-refractivity contribution in [2.45, 2.75) is 57.7 Å². The van der Waals surface area contributed by atoms with Crippen LogP contribution < -0.4 is 0 Å². The lowest BCUT2D eigenvalue weighted by Crippen LogP contribution is -2.18. The third kappa shape index (κ3) is 5.43. The Bertz CT molecular complexity index is 318. The minimum atomic E-state index is -0.877. The van der Waals surface area contributed by atoms with Crippen LogP contribution in [0.5, 0.6) is 0 Å². The van der Waals surface area contributed by atoms with Gasteiger partial charge in [-0.1, -0.05) is 13.3 Å². The van der Waals surface area contributed by atoms with Crippen molar-refractivity contribution < 1.29 is 8.37 Å². The van der Waals surface area contributed by atoms with Crippen molar-refractivity contribution >= 4 is 20.6 Å². The molecule has 0 amide bonds. The summed E-state index contributed by atoms with van der Waals surface area (Å²) in [6.45, 7) is 2.27. The molecule has 0 aromatic heterocycles. The largest absolute Gasteiger partial charge is 0.370 e. The average molecular weight is 323 g/mol. The highest BCUT2D eigenvalue weighted by molar-refractivity contribution is 8.40. The van der Waals surface area contributed by atoms with E-state index in [1.165, 1.54) is 50.0 Å². The molecule has 0 radical (unpaired) electrons. The van der Waals surface area contributed by atoms with Gasteiger partial charge in [-0.3, -0.25) is 3.63 Å². The highest BCUT2D eigenvalue weighted by Crippen LogP contribution is 2.58. The van der Waals surface area contributed by atoms with Gasteiger partial charge >= 0.3 is 0 Å². The smallest absolute Gasteiger partial charge is 0.0844 e. The quantitative estimate of drug-likeness (QED) is 0.603. The number of fused-ring (bicyclic) bond motifs is 1. The molecule has 0 N–H and O–H groups in total. The molecule has 1 saturated carbocycles. The highest BCUT2D eigenvalue weighted by Gasteiger charge is 2.43. The van der Waals surface area contributed by atoms with Gasteiger partial charge in [-0.2, -0.15) is 0 Å². The second-order valence-electron chi connectivity index (χ2n) is 7.38. The van der Waals surface area contributed by atoms with Crippen LogP contribution in [-0.4, -0.2) is 48.7 Å². The zero-order chi connectivity index (χ0) is 14.8. The van der Waals surface area contributed by atoms with Gasteiger partial charge in [0.1, 0.15) is 0 Å². The van der Waals surface area contributed by atoms with Crippen LogP contribution >= 0.6 is 20.6 Å². The maximum Gasteiger partial charge on any atom is 0.0844 e. The van der Waals surface area contributed by atoms with Crippen LogP contribution in [0.2, 0.25) is 0 Å². The number of epoxide rings is 1. The van der Waals surface area contributed by atoms with E-state index in [2.05, 4.69) is 31.9 Å². The molecular weight excluding hydrogens is 288 g/mol. The summed E-state index contributed by atoms with van der Waals surface area (Å²) in [7, 11) is -1.72. The Morgan fingerprint density at radius 3 is 2.35 bits per heavy atom. The van der Waals surface area contributed by atoms with Crippen LogP contribution in [0.3, 0.4) is 0 Å². The molecule has 0 bridgehead atoms. The Balaban J connectivity index is 1.71. The molecule has 0 spiro atoms. The SMILES string of the molecule is CCCCS(C)(C)OS(C)(C)CCC1CCC2OC2C1. The van der Waals surface area contributed by atoms with E-state index in [1.807, 2.05) is 0 Å². The molecule has 1 heterocycles. The monoisotopic (exact) mass is 322 g/mol. The predicted octanol–water partition coefficient (Wildman–Crippen LogP) is 4.72. The Kier molecular flexibility index (Phi) is 5.78. The normalized spacial score (nSPS) is 31.8. The van der Waals surface area contributed by atoms with Gasteiger partial charge in [0.2, 0.25) is 0 Å². The molecule has 1 saturated heterocycles. The zero-order valence-electron chi connectivity index (χ0n) is 14.0. The fraction of sp³-hybridized carbons (Fsp3) is 1.00. The van der Waals surface area contributed by atoms with Gasteiger partial charge < -0.3 is 4.74 Å². The van der Waals surface area contributed by atoms with Crippen molar-refractivity contribution in [2.75, 3.05) is 36.5 Å². The number of ether oxygens (including phenoxy) is 1. The zero-order valence-corrected chi connectivity index (χ0v) is 15.7. The lowest BCUT2D eigenvalue weighted by Gasteiger charge is -2.43. The van der Waals surface area contributed by atoms with Crippen LogP contribution in [0.25, 0.3) is 0 Å². The molecule has 2 fully saturated rings. The summed E-state index contributed by atoms with van der Waals surface area (Å²) in [6.07, 6.45) is 18.6. The first-order valence-electron chi connectivity index (χ1n) is 8.10. The van der Waals surface area contributed by atoms with Gasteiger partial charge in [0.05, 0.1) is 12.2 Å². The highest BCUT2D eigenvalue weighted by atomic mass is 32.3. The van der Waals surface area contributed by atoms with Crippen molar-refractivity contribution in [3.05, 3.63) is 0 Å². The summed E-state index contributed by atoms with van der Waals surface area (Å²) in [4.78, 5) is 0. The standard InChI is InChI=1S/C16H34O2S2/c1-6-7-11-19(2,3)18-20(4,5)12-10-14-8-9-15-16(13-14)17-15/h14-16H,6-13H2,1-5H3. The minimum Gasteiger partial charge on any atom is -0.370 e. The molecule has 1 aliphatic heterocycles. The second-order valence-corrected chi connectivity index (χ2v) is 14.5. The fourth-order valence-electron chi connectivity index (χ4n) is 3.26. The molecule has 122 valence electrons. The molecule has 2 rings (SSSR count). The molecule has 1 aliphatic carbocycles. The third-order valence-corrected chi connectivity index (χ3v) is 9.93. The minimum absolute atomic E-state index is 0.624. The average Bonchev–Trinajstić information content (AvgIpc) is 3.11. The topological polar surface area (TPSA) is 21.8 Å². The van der Waals surface area contributed by atoms with Crippen molar-refractivity contribution in [1.82, 2.24) is 0 Å². The summed E-state index contributed by atoms with van der Waals surface area (Å²) in [5, 5.41) is 0. The van der Waals surface area contributed by atoms with E-state index in [-0.39, 0.29) is 0 Å². The van der Waals surface area contributed by atoms with Gasteiger partial charge in [0.25, 0.3) is 0 Å². The Hall–Kier alpha value is 0.620. The second kappa shape index (κ2) is 6.80. The summed E-state index contributed by atoms with van der Waals surface area (Å²) in [5.41, 5.74) is 0. The van der Waals surface area contributed by atoms with E-state index >= 15 is 0 Å². The molecule has 3 atom stereocenters. The number of hydrogen-bond donors (Lipinski definition) is 0. The van der Waals surface area contributed by atoms with Gasteiger partial charge in [0.15, 0.2) is 0 Å². The van der Waals surface area contributed by atoms with E-state index in [1.54, 1.807) is 0 Å². The first kappa shape index (κ1) is 17.0. The van der Waals surface area contributed by atoms with Crippen LogP contribution in [-0.2, 0) is 8.37 Å². The Labute approximate surface area is 129 Å². The number of hydrogen-bond acceptors (Lipinski definition) is 2. The summed E-state index contributed by atoms with van der Waals surface area (Å²) in [6, 6.07) is 0. The van der Waals surface area contributed by atoms with E-state index in [0.717, 1.165) is 5.92 Å². The van der Waals surface area contributed by atoms with Crippen LogP contribution in [0.15, 0.2) is 0 Å². The van der Waals surface area contributed by atoms with Crippen LogP contribution in [0.1, 0.15) is 45.4 Å². The molecule has 2 aliphatic rings. The number of rotatable bonds is 8. The molecule has 4 heteroatoms. The maximum absolute atomic E-state index is 6.59. The predicted molar refractivity (Wildman–Crippen MR) is 95.2 cm³/mol. The molecule has 20 heavy (non-hydrogen) atoms. The van der Waals surface area contributed by atoms with Crippen molar-refractivity contribution in [3.63, 3.8) is 0 Å². The van der Waals surface area contributed by atoms with Crippen LogP contribution in [0.4, 0.5) is 0 Å². The molecule has 2 nitrogen and oxygen atoms in total. The number of unbranched alkanes of at least 4 members (excludes halogenated alkanes) is 1.